The van der Waals surface area contributed by atoms with E-state index in [2.05, 4.69) is 0 Å². The van der Waals surface area contributed by atoms with Gasteiger partial charge in [-0.3, -0.25) is 0 Å². The average Bonchev–Trinajstić information content (AvgIpc) is 3.07. The topological polar surface area (TPSA) is 64.6 Å². The molecule has 0 unspecified atom stereocenters. The number of benzene rings is 4. The van der Waals surface area contributed by atoms with Crippen molar-refractivity contribution >= 4 is 6.08 Å². The molecule has 222 valence electrons. The van der Waals surface area contributed by atoms with E-state index in [0.717, 1.165) is 33.8 Å². The molecule has 4 aromatic carbocycles. The van der Waals surface area contributed by atoms with Crippen molar-refractivity contribution in [2.24, 2.45) is 0 Å². The van der Waals surface area contributed by atoms with E-state index in [0.29, 0.717) is 25.6 Å². The number of fused-ring (bicyclic) bond motifs is 1. The summed E-state index contributed by atoms with van der Waals surface area (Å²) in [4.78, 5) is 0. The Balaban J connectivity index is 1.32. The Hall–Kier alpha value is -4.14. The van der Waals surface area contributed by atoms with Gasteiger partial charge in [0.25, 0.3) is 0 Å². The molecule has 2 aliphatic rings. The van der Waals surface area contributed by atoms with Gasteiger partial charge in [-0.25, -0.2) is 0 Å². The van der Waals surface area contributed by atoms with Gasteiger partial charge < -0.3 is 33.2 Å². The second-order valence-corrected chi connectivity index (χ2v) is 10.5. The summed E-state index contributed by atoms with van der Waals surface area (Å²) < 4.78 is 43.4. The van der Waals surface area contributed by atoms with Crippen molar-refractivity contribution in [2.45, 2.75) is 43.9 Å². The van der Waals surface area contributed by atoms with Crippen LogP contribution < -0.4 is 9.47 Å². The van der Waals surface area contributed by atoms with Crippen LogP contribution in [0.2, 0.25) is 0 Å². The summed E-state index contributed by atoms with van der Waals surface area (Å²) in [6, 6.07) is 35.7. The fourth-order valence-electron chi connectivity index (χ4n) is 5.31. The number of methoxy groups -OCH3 is 2. The first-order valence-electron chi connectivity index (χ1n) is 14.4. The Morgan fingerprint density at radius 3 is 1.88 bits per heavy atom. The molecule has 2 saturated heterocycles. The van der Waals surface area contributed by atoms with E-state index in [1.54, 1.807) is 14.2 Å². The first-order chi connectivity index (χ1) is 21.2. The molecule has 43 heavy (non-hydrogen) atoms. The maximum atomic E-state index is 6.71. The van der Waals surface area contributed by atoms with Gasteiger partial charge in [-0.2, -0.15) is 0 Å². The summed E-state index contributed by atoms with van der Waals surface area (Å²) in [7, 11) is 3.31. The molecule has 2 fully saturated rings. The van der Waals surface area contributed by atoms with Crippen molar-refractivity contribution in [3.05, 3.63) is 137 Å². The summed E-state index contributed by atoms with van der Waals surface area (Å²) in [5.41, 5.74) is 3.96. The van der Waals surface area contributed by atoms with Crippen LogP contribution in [0, 0.1) is 0 Å². The standard InChI is InChI=1S/C36H36O7/c1-37-29-17-13-26(14-18-29)22-39-33-31(21-25-9-5-3-6-10-25)42-32-24-41-36(28-11-7-4-8-12-28)43-34(32)35(33)40-23-27-15-19-30(38-2)20-16-27/h3-21,32-36H,22-24H2,1-2H3/b31-21-/t32-,33+,34-,35-,36-/m1/s1. The third-order valence-electron chi connectivity index (χ3n) is 7.62. The third kappa shape index (κ3) is 7.09. The van der Waals surface area contributed by atoms with E-state index in [4.69, 9.17) is 33.2 Å². The highest BCUT2D eigenvalue weighted by Crippen LogP contribution is 2.39. The van der Waals surface area contributed by atoms with Gasteiger partial charge >= 0.3 is 0 Å². The molecule has 0 N–H and O–H groups in total. The lowest BCUT2D eigenvalue weighted by atomic mass is 9.95. The zero-order valence-electron chi connectivity index (χ0n) is 24.3. The van der Waals surface area contributed by atoms with Crippen molar-refractivity contribution in [1.82, 2.24) is 0 Å². The molecule has 2 aliphatic heterocycles. The number of ether oxygens (including phenoxy) is 7. The molecule has 0 amide bonds. The highest BCUT2D eigenvalue weighted by atomic mass is 16.7. The molecule has 0 spiro atoms. The van der Waals surface area contributed by atoms with Gasteiger partial charge in [-0.1, -0.05) is 84.9 Å². The molecular weight excluding hydrogens is 544 g/mol. The smallest absolute Gasteiger partial charge is 0.184 e. The summed E-state index contributed by atoms with van der Waals surface area (Å²) in [5.74, 6) is 2.26. The van der Waals surface area contributed by atoms with Crippen molar-refractivity contribution in [3.8, 4) is 11.5 Å². The molecule has 4 aromatic rings. The van der Waals surface area contributed by atoms with Crippen LogP contribution in [0.5, 0.6) is 11.5 Å². The van der Waals surface area contributed by atoms with Crippen molar-refractivity contribution in [1.29, 1.82) is 0 Å². The summed E-state index contributed by atoms with van der Waals surface area (Å²) >= 11 is 0. The van der Waals surface area contributed by atoms with E-state index in [1.807, 2.05) is 115 Å². The minimum Gasteiger partial charge on any atom is -0.497 e. The first-order valence-corrected chi connectivity index (χ1v) is 14.4. The molecule has 7 heteroatoms. The van der Waals surface area contributed by atoms with Gasteiger partial charge in [0.15, 0.2) is 12.4 Å². The van der Waals surface area contributed by atoms with E-state index < -0.39 is 24.6 Å². The number of hydrogen-bond donors (Lipinski definition) is 0. The maximum absolute atomic E-state index is 6.71. The lowest BCUT2D eigenvalue weighted by molar-refractivity contribution is -0.311. The summed E-state index contributed by atoms with van der Waals surface area (Å²) in [6.45, 7) is 1.06. The van der Waals surface area contributed by atoms with E-state index in [9.17, 15) is 0 Å². The molecule has 2 heterocycles. The number of hydrogen-bond acceptors (Lipinski definition) is 7. The minimum atomic E-state index is -0.545. The minimum absolute atomic E-state index is 0.350. The van der Waals surface area contributed by atoms with Crippen LogP contribution in [0.25, 0.3) is 6.08 Å². The predicted molar refractivity (Wildman–Crippen MR) is 162 cm³/mol. The number of rotatable bonds is 10. The van der Waals surface area contributed by atoms with Crippen LogP contribution in [0.1, 0.15) is 28.5 Å². The fraction of sp³-hybridized carbons (Fsp3) is 0.278. The highest BCUT2D eigenvalue weighted by Gasteiger charge is 2.50. The Morgan fingerprint density at radius 2 is 1.28 bits per heavy atom. The zero-order valence-corrected chi connectivity index (χ0v) is 24.3. The van der Waals surface area contributed by atoms with Crippen molar-refractivity contribution in [2.75, 3.05) is 20.8 Å². The van der Waals surface area contributed by atoms with Crippen LogP contribution in [0.3, 0.4) is 0 Å². The molecule has 0 saturated carbocycles. The van der Waals surface area contributed by atoms with E-state index in [-0.39, 0.29) is 6.10 Å². The third-order valence-corrected chi connectivity index (χ3v) is 7.62. The maximum Gasteiger partial charge on any atom is 0.184 e. The van der Waals surface area contributed by atoms with Crippen LogP contribution in [-0.2, 0) is 36.9 Å². The van der Waals surface area contributed by atoms with Gasteiger partial charge in [0.2, 0.25) is 0 Å². The van der Waals surface area contributed by atoms with Crippen LogP contribution in [0.4, 0.5) is 0 Å². The van der Waals surface area contributed by atoms with E-state index in [1.165, 1.54) is 0 Å². The quantitative estimate of drug-likeness (QED) is 0.206. The van der Waals surface area contributed by atoms with Crippen molar-refractivity contribution in [3.63, 3.8) is 0 Å². The Bertz CT molecular complexity index is 1460. The molecular formula is C36H36O7. The lowest BCUT2D eigenvalue weighted by Gasteiger charge is -2.47. The van der Waals surface area contributed by atoms with Gasteiger partial charge in [-0.15, -0.1) is 0 Å². The fourth-order valence-corrected chi connectivity index (χ4v) is 5.31. The van der Waals surface area contributed by atoms with Crippen LogP contribution >= 0.6 is 0 Å². The van der Waals surface area contributed by atoms with E-state index >= 15 is 0 Å². The SMILES string of the molecule is COc1ccc(CO[C@H]2[C@@H]3O[C@H](c4ccccc4)OC[C@H]3O/C(=C\c3ccccc3)[C@@H]2OCc2ccc(OC)cc2)cc1. The van der Waals surface area contributed by atoms with Gasteiger partial charge in [-0.05, 0) is 47.0 Å². The monoisotopic (exact) mass is 580 g/mol. The molecule has 6 rings (SSSR count). The Morgan fingerprint density at radius 1 is 0.698 bits per heavy atom. The summed E-state index contributed by atoms with van der Waals surface area (Å²) in [5, 5.41) is 0. The molecule has 0 aliphatic carbocycles. The average molecular weight is 581 g/mol. The molecule has 5 atom stereocenters. The molecule has 7 nitrogen and oxygen atoms in total. The normalized spacial score (nSPS) is 24.1. The van der Waals surface area contributed by atoms with Gasteiger partial charge in [0, 0.05) is 5.56 Å². The molecule has 0 radical (unpaired) electrons. The van der Waals surface area contributed by atoms with Crippen LogP contribution in [0.15, 0.2) is 115 Å². The Kier molecular flexibility index (Phi) is 9.35. The zero-order chi connectivity index (χ0) is 29.4. The summed E-state index contributed by atoms with van der Waals surface area (Å²) in [6.07, 6.45) is -0.370. The van der Waals surface area contributed by atoms with Crippen LogP contribution in [-0.4, -0.2) is 45.2 Å². The highest BCUT2D eigenvalue weighted by molar-refractivity contribution is 5.52. The predicted octanol–water partition coefficient (Wildman–Crippen LogP) is 6.73. The second kappa shape index (κ2) is 13.9. The molecule has 0 bridgehead atoms. The van der Waals surface area contributed by atoms with Gasteiger partial charge in [0.1, 0.15) is 35.6 Å². The van der Waals surface area contributed by atoms with Gasteiger partial charge in [0.05, 0.1) is 34.0 Å². The van der Waals surface area contributed by atoms with Crippen molar-refractivity contribution < 1.29 is 33.2 Å². The second-order valence-electron chi connectivity index (χ2n) is 10.5. The first kappa shape index (κ1) is 29.0. The molecule has 0 aromatic heterocycles. The lowest BCUT2D eigenvalue weighted by Crippen LogP contribution is -2.58. The Labute approximate surface area is 252 Å². The largest absolute Gasteiger partial charge is 0.497 e.